The van der Waals surface area contributed by atoms with Crippen LogP contribution in [-0.2, 0) is 30.6 Å². The molecular formula is C24H27F2N3O4S. The van der Waals surface area contributed by atoms with Gasteiger partial charge in [0.05, 0.1) is 23.4 Å². The summed E-state index contributed by atoms with van der Waals surface area (Å²) in [5.41, 5.74) is 2.51. The number of carbonyl (C=O) groups is 1. The average molecular weight is 492 g/mol. The number of aryl methyl sites for hydroxylation is 1. The summed E-state index contributed by atoms with van der Waals surface area (Å²) in [7, 11) is 0. The highest BCUT2D eigenvalue weighted by Gasteiger charge is 2.24. The van der Waals surface area contributed by atoms with E-state index in [1.54, 1.807) is 0 Å². The second-order valence-electron chi connectivity index (χ2n) is 7.95. The minimum atomic E-state index is -1.08. The number of aromatic nitrogens is 1. The van der Waals surface area contributed by atoms with E-state index < -0.39 is 35.6 Å². The van der Waals surface area contributed by atoms with Gasteiger partial charge >= 0.3 is 0 Å². The van der Waals surface area contributed by atoms with Crippen LogP contribution in [0.25, 0.3) is 0 Å². The number of halogens is 2. The number of aliphatic hydroxyl groups excluding tert-OH is 1. The number of hydrogen-bond donors (Lipinski definition) is 5. The van der Waals surface area contributed by atoms with Crippen LogP contribution in [0.2, 0.25) is 0 Å². The van der Waals surface area contributed by atoms with Crippen LogP contribution < -0.4 is 10.6 Å². The van der Waals surface area contributed by atoms with Crippen LogP contribution in [-0.4, -0.2) is 44.9 Å². The lowest BCUT2D eigenvalue weighted by Gasteiger charge is -2.25. The molecule has 1 heterocycles. The van der Waals surface area contributed by atoms with Gasteiger partial charge in [-0.05, 0) is 41.7 Å². The molecule has 0 aliphatic heterocycles. The molecule has 3 aromatic rings. The van der Waals surface area contributed by atoms with Gasteiger partial charge < -0.3 is 26.0 Å². The number of carbonyl (C=O) groups excluding carboxylic acids is 1. The van der Waals surface area contributed by atoms with Gasteiger partial charge in [-0.2, -0.15) is 4.98 Å². The van der Waals surface area contributed by atoms with Gasteiger partial charge in [0.1, 0.15) is 11.6 Å². The van der Waals surface area contributed by atoms with Gasteiger partial charge in [-0.1, -0.05) is 42.5 Å². The van der Waals surface area contributed by atoms with Crippen molar-refractivity contribution in [3.05, 3.63) is 75.7 Å². The predicted molar refractivity (Wildman–Crippen MR) is 125 cm³/mol. The molecule has 0 unspecified atom stereocenters. The SMILES string of the molecule is CCc1cccc(CNC[C@H](O)[C@H](Cc2cc(F)cc(F)c2)NC(=O)Cc2sc(O)nc2O)c1. The summed E-state index contributed by atoms with van der Waals surface area (Å²) >= 11 is 0.760. The molecule has 34 heavy (non-hydrogen) atoms. The fourth-order valence-electron chi connectivity index (χ4n) is 3.58. The zero-order chi connectivity index (χ0) is 24.7. The molecule has 0 spiro atoms. The van der Waals surface area contributed by atoms with E-state index in [1.165, 1.54) is 5.56 Å². The van der Waals surface area contributed by atoms with Crippen molar-refractivity contribution in [3.8, 4) is 11.1 Å². The van der Waals surface area contributed by atoms with Crippen molar-refractivity contribution in [1.82, 2.24) is 15.6 Å². The number of aromatic hydroxyl groups is 2. The van der Waals surface area contributed by atoms with Crippen LogP contribution >= 0.6 is 11.3 Å². The number of aliphatic hydroxyl groups is 1. The van der Waals surface area contributed by atoms with Crippen LogP contribution in [0, 0.1) is 11.6 Å². The maximum Gasteiger partial charge on any atom is 0.274 e. The minimum absolute atomic E-state index is 0.0193. The fraction of sp³-hybridized carbons (Fsp3) is 0.333. The zero-order valence-corrected chi connectivity index (χ0v) is 19.4. The quantitative estimate of drug-likeness (QED) is 0.282. The smallest absolute Gasteiger partial charge is 0.274 e. The molecule has 0 fully saturated rings. The molecule has 2 atom stereocenters. The molecule has 0 saturated carbocycles. The Morgan fingerprint density at radius 2 is 1.79 bits per heavy atom. The summed E-state index contributed by atoms with van der Waals surface area (Å²) < 4.78 is 27.3. The molecule has 2 aromatic carbocycles. The van der Waals surface area contributed by atoms with Crippen molar-refractivity contribution in [1.29, 1.82) is 0 Å². The number of hydrogen-bond acceptors (Lipinski definition) is 7. The van der Waals surface area contributed by atoms with E-state index in [0.29, 0.717) is 6.54 Å². The van der Waals surface area contributed by atoms with Crippen LogP contribution in [0.3, 0.4) is 0 Å². The number of rotatable bonds is 11. The van der Waals surface area contributed by atoms with Crippen LogP contribution in [0.5, 0.6) is 11.1 Å². The summed E-state index contributed by atoms with van der Waals surface area (Å²) in [6, 6.07) is 10.2. The van der Waals surface area contributed by atoms with E-state index in [1.807, 2.05) is 18.2 Å². The number of thiazole rings is 1. The summed E-state index contributed by atoms with van der Waals surface area (Å²) in [6.45, 7) is 2.67. The summed E-state index contributed by atoms with van der Waals surface area (Å²) in [4.78, 5) is 16.2. The normalized spacial score (nSPS) is 12.9. The van der Waals surface area contributed by atoms with Gasteiger partial charge in [-0.25, -0.2) is 8.78 Å². The Morgan fingerprint density at radius 1 is 1.09 bits per heavy atom. The molecule has 7 nitrogen and oxygen atoms in total. The zero-order valence-electron chi connectivity index (χ0n) is 18.6. The van der Waals surface area contributed by atoms with Crippen molar-refractivity contribution in [2.24, 2.45) is 0 Å². The topological polar surface area (TPSA) is 115 Å². The van der Waals surface area contributed by atoms with E-state index in [-0.39, 0.29) is 35.0 Å². The van der Waals surface area contributed by atoms with Crippen molar-refractivity contribution in [2.45, 2.75) is 44.9 Å². The Bertz CT molecular complexity index is 1110. The van der Waals surface area contributed by atoms with E-state index >= 15 is 0 Å². The van der Waals surface area contributed by atoms with Crippen LogP contribution in [0.15, 0.2) is 42.5 Å². The first-order chi connectivity index (χ1) is 16.2. The Balaban J connectivity index is 1.67. The first-order valence-corrected chi connectivity index (χ1v) is 11.6. The molecule has 0 saturated heterocycles. The van der Waals surface area contributed by atoms with E-state index in [9.17, 15) is 28.9 Å². The molecule has 3 rings (SSSR count). The van der Waals surface area contributed by atoms with Gasteiger partial charge in [-0.3, -0.25) is 4.79 Å². The molecular weight excluding hydrogens is 464 g/mol. The molecule has 1 amide bonds. The highest BCUT2D eigenvalue weighted by molar-refractivity contribution is 7.13. The molecule has 0 radical (unpaired) electrons. The van der Waals surface area contributed by atoms with E-state index in [2.05, 4.69) is 28.6 Å². The van der Waals surface area contributed by atoms with Crippen LogP contribution in [0.1, 0.15) is 28.5 Å². The van der Waals surface area contributed by atoms with Gasteiger partial charge in [0.2, 0.25) is 11.8 Å². The van der Waals surface area contributed by atoms with Gasteiger partial charge in [-0.15, -0.1) is 0 Å². The van der Waals surface area contributed by atoms with Crippen molar-refractivity contribution < 1.29 is 28.9 Å². The molecule has 182 valence electrons. The van der Waals surface area contributed by atoms with Gasteiger partial charge in [0.15, 0.2) is 0 Å². The monoisotopic (exact) mass is 491 g/mol. The van der Waals surface area contributed by atoms with Crippen molar-refractivity contribution in [2.75, 3.05) is 6.54 Å². The lowest BCUT2D eigenvalue weighted by molar-refractivity contribution is -0.122. The average Bonchev–Trinajstić information content (AvgIpc) is 3.09. The Hall–Kier alpha value is -3.08. The maximum atomic E-state index is 13.7. The number of amides is 1. The Morgan fingerprint density at radius 3 is 2.44 bits per heavy atom. The maximum absolute atomic E-state index is 13.7. The predicted octanol–water partition coefficient (Wildman–Crippen LogP) is 2.82. The molecule has 0 aliphatic carbocycles. The van der Waals surface area contributed by atoms with Crippen LogP contribution in [0.4, 0.5) is 8.78 Å². The second-order valence-corrected chi connectivity index (χ2v) is 9.01. The third-order valence-corrected chi connectivity index (χ3v) is 6.10. The molecule has 10 heteroatoms. The summed E-state index contributed by atoms with van der Waals surface area (Å²) in [6.07, 6.45) is -0.466. The third-order valence-electron chi connectivity index (χ3n) is 5.26. The molecule has 0 bridgehead atoms. The summed E-state index contributed by atoms with van der Waals surface area (Å²) in [5, 5.41) is 35.3. The second kappa shape index (κ2) is 11.9. The van der Waals surface area contributed by atoms with Crippen molar-refractivity contribution >= 4 is 17.2 Å². The van der Waals surface area contributed by atoms with Crippen molar-refractivity contribution in [3.63, 3.8) is 0 Å². The Labute approximate surface area is 200 Å². The third kappa shape index (κ3) is 7.47. The standard InChI is InChI=1S/C24H27F2N3O4S/c1-2-14-4-3-5-15(6-14)12-27-13-20(30)19(9-16-7-17(25)10-18(26)8-16)28-22(31)11-21-23(32)29-24(33)34-21/h3-8,10,19-20,27,30,32H,2,9,11-13H2,1H3,(H,28,31)(H,29,33)/t19-,20-/m0/s1. The largest absolute Gasteiger partial charge is 0.492 e. The number of nitrogens with one attached hydrogen (secondary N) is 2. The lowest BCUT2D eigenvalue weighted by atomic mass is 10.00. The van der Waals surface area contributed by atoms with E-state index in [4.69, 9.17) is 0 Å². The number of benzene rings is 2. The highest BCUT2D eigenvalue weighted by Crippen LogP contribution is 2.28. The molecule has 0 aliphatic rings. The van der Waals surface area contributed by atoms with E-state index in [0.717, 1.165) is 41.5 Å². The molecule has 1 aromatic heterocycles. The first-order valence-electron chi connectivity index (χ1n) is 10.8. The minimum Gasteiger partial charge on any atom is -0.492 e. The van der Waals surface area contributed by atoms with Gasteiger partial charge in [0.25, 0.3) is 5.19 Å². The summed E-state index contributed by atoms with van der Waals surface area (Å²) in [5.74, 6) is -2.50. The highest BCUT2D eigenvalue weighted by atomic mass is 32.1. The van der Waals surface area contributed by atoms with Gasteiger partial charge in [0, 0.05) is 19.2 Å². The molecule has 5 N–H and O–H groups in total. The number of nitrogens with zero attached hydrogens (tertiary/aromatic N) is 1. The lowest BCUT2D eigenvalue weighted by Crippen LogP contribution is -2.49. The fourth-order valence-corrected chi connectivity index (χ4v) is 4.28. The Kier molecular flexibility index (Phi) is 8.91. The first kappa shape index (κ1) is 25.5.